The summed E-state index contributed by atoms with van der Waals surface area (Å²) in [6.45, 7) is 2.81. The van der Waals surface area contributed by atoms with E-state index in [4.69, 9.17) is 4.74 Å². The van der Waals surface area contributed by atoms with E-state index >= 15 is 0 Å². The van der Waals surface area contributed by atoms with Crippen LogP contribution in [0.15, 0.2) is 46.0 Å². The number of aliphatic hydroxyl groups is 2. The van der Waals surface area contributed by atoms with E-state index in [2.05, 4.69) is 4.90 Å². The van der Waals surface area contributed by atoms with Crippen LogP contribution in [0.4, 0.5) is 18.9 Å². The highest BCUT2D eigenvalue weighted by Gasteiger charge is 2.51. The van der Waals surface area contributed by atoms with E-state index in [1.807, 2.05) is 4.90 Å². The van der Waals surface area contributed by atoms with E-state index in [1.165, 1.54) is 28.6 Å². The minimum atomic E-state index is -4.82. The van der Waals surface area contributed by atoms with Gasteiger partial charge in [-0.15, -0.1) is 11.3 Å². The molecule has 3 saturated heterocycles. The van der Waals surface area contributed by atoms with E-state index in [0.29, 0.717) is 38.4 Å². The molecule has 1 aromatic heterocycles. The van der Waals surface area contributed by atoms with Crippen molar-refractivity contribution in [3.05, 3.63) is 47.3 Å². The third-order valence-electron chi connectivity index (χ3n) is 7.72. The van der Waals surface area contributed by atoms with Crippen LogP contribution in [0.5, 0.6) is 0 Å². The summed E-state index contributed by atoms with van der Waals surface area (Å²) in [6.07, 6.45) is -4.77. The van der Waals surface area contributed by atoms with Crippen molar-refractivity contribution < 1.29 is 36.5 Å². The predicted molar refractivity (Wildman–Crippen MR) is 132 cm³/mol. The van der Waals surface area contributed by atoms with Gasteiger partial charge in [0.05, 0.1) is 31.4 Å². The minimum absolute atomic E-state index is 0.0177. The van der Waals surface area contributed by atoms with Gasteiger partial charge in [-0.2, -0.15) is 17.5 Å². The molecule has 13 heteroatoms. The molecule has 204 valence electrons. The Bertz CT molecular complexity index is 1190. The molecule has 5 rings (SSSR count). The van der Waals surface area contributed by atoms with Crippen LogP contribution < -0.4 is 4.90 Å². The summed E-state index contributed by atoms with van der Waals surface area (Å²) >= 11 is 1.16. The number of halogens is 3. The summed E-state index contributed by atoms with van der Waals surface area (Å²) in [5, 5.41) is 22.3. The number of hydrogen-bond acceptors (Lipinski definition) is 8. The summed E-state index contributed by atoms with van der Waals surface area (Å²) in [7, 11) is -3.69. The Balaban J connectivity index is 1.43. The quantitative estimate of drug-likeness (QED) is 0.559. The van der Waals surface area contributed by atoms with Gasteiger partial charge in [0, 0.05) is 37.9 Å². The van der Waals surface area contributed by atoms with Crippen molar-refractivity contribution >= 4 is 27.0 Å². The lowest BCUT2D eigenvalue weighted by atomic mass is 9.95. The van der Waals surface area contributed by atoms with Crippen LogP contribution in [-0.4, -0.2) is 97.6 Å². The first-order valence-corrected chi connectivity index (χ1v) is 14.4. The second-order valence-electron chi connectivity index (χ2n) is 10.0. The van der Waals surface area contributed by atoms with E-state index in [-0.39, 0.29) is 41.0 Å². The summed E-state index contributed by atoms with van der Waals surface area (Å²) in [5.74, 6) is 0. The Morgan fingerprint density at radius 2 is 1.86 bits per heavy atom. The van der Waals surface area contributed by atoms with Gasteiger partial charge in [-0.3, -0.25) is 4.90 Å². The van der Waals surface area contributed by atoms with Gasteiger partial charge in [-0.25, -0.2) is 8.42 Å². The smallest absolute Gasteiger partial charge is 0.391 e. The fourth-order valence-electron chi connectivity index (χ4n) is 5.51. The zero-order valence-electron chi connectivity index (χ0n) is 20.2. The van der Waals surface area contributed by atoms with Crippen LogP contribution >= 0.6 is 11.3 Å². The molecule has 8 nitrogen and oxygen atoms in total. The number of hydrogen-bond donors (Lipinski definition) is 2. The van der Waals surface area contributed by atoms with Gasteiger partial charge in [0.2, 0.25) is 0 Å². The Morgan fingerprint density at radius 3 is 2.49 bits per heavy atom. The van der Waals surface area contributed by atoms with Gasteiger partial charge in [0.1, 0.15) is 4.21 Å². The van der Waals surface area contributed by atoms with Crippen LogP contribution in [0.25, 0.3) is 0 Å². The van der Waals surface area contributed by atoms with Crippen molar-refractivity contribution in [2.75, 3.05) is 44.3 Å². The van der Waals surface area contributed by atoms with Crippen molar-refractivity contribution in [2.45, 2.75) is 53.6 Å². The highest BCUT2D eigenvalue weighted by atomic mass is 32.2. The van der Waals surface area contributed by atoms with Crippen molar-refractivity contribution in [1.82, 2.24) is 9.21 Å². The summed E-state index contributed by atoms with van der Waals surface area (Å²) in [5.41, 5.74) is -2.61. The fraction of sp³-hybridized carbons (Fsp3) is 0.583. The molecule has 3 fully saturated rings. The molecule has 0 saturated carbocycles. The maximum Gasteiger partial charge on any atom is 0.421 e. The number of anilines is 1. The Morgan fingerprint density at radius 1 is 1.14 bits per heavy atom. The molecule has 4 heterocycles. The maximum absolute atomic E-state index is 13.3. The molecule has 3 aliphatic rings. The number of piperazine rings is 1. The molecular weight excluding hydrogens is 531 g/mol. The average Bonchev–Trinajstić information content (AvgIpc) is 3.44. The highest BCUT2D eigenvalue weighted by Crippen LogP contribution is 2.39. The van der Waals surface area contributed by atoms with Crippen LogP contribution in [0.2, 0.25) is 0 Å². The normalized spacial score (nSPS) is 29.4. The Kier molecular flexibility index (Phi) is 7.10. The van der Waals surface area contributed by atoms with E-state index < -0.39 is 27.9 Å². The summed E-state index contributed by atoms with van der Waals surface area (Å²) in [4.78, 5) is 4.18. The highest BCUT2D eigenvalue weighted by molar-refractivity contribution is 7.91. The molecule has 2 bridgehead atoms. The van der Waals surface area contributed by atoms with E-state index in [1.54, 1.807) is 17.5 Å². The van der Waals surface area contributed by atoms with Crippen molar-refractivity contribution in [3.8, 4) is 0 Å². The molecule has 2 aromatic rings. The number of thiophene rings is 1. The monoisotopic (exact) mass is 561 g/mol. The maximum atomic E-state index is 13.3. The molecule has 5 atom stereocenters. The number of ether oxygens (including phenoxy) is 1. The first-order valence-electron chi connectivity index (χ1n) is 12.1. The van der Waals surface area contributed by atoms with E-state index in [0.717, 1.165) is 18.3 Å². The third-order valence-corrected chi connectivity index (χ3v) is 11.0. The number of nitrogens with zero attached hydrogens (tertiary/aromatic N) is 3. The van der Waals surface area contributed by atoms with Gasteiger partial charge in [-0.1, -0.05) is 18.2 Å². The van der Waals surface area contributed by atoms with Gasteiger partial charge in [0.25, 0.3) is 10.0 Å². The third kappa shape index (κ3) is 4.90. The lowest BCUT2D eigenvalue weighted by Gasteiger charge is -2.46. The topological polar surface area (TPSA) is 93.6 Å². The molecule has 2 N–H and O–H groups in total. The molecule has 0 spiro atoms. The SMILES string of the molecule is C[C@@](O)(c1ccc(N2CCN(S(=O)(=O)c3cccs3)C[C@@H]2CN2[C@@H]3COC[C@H]2C(O)C3)cc1)C(F)(F)F. The molecule has 0 amide bonds. The number of morpholine rings is 1. The molecule has 1 unspecified atom stereocenters. The fourth-order valence-corrected chi connectivity index (χ4v) is 8.12. The zero-order chi connectivity index (χ0) is 26.6. The molecule has 0 radical (unpaired) electrons. The van der Waals surface area contributed by atoms with Gasteiger partial charge < -0.3 is 19.8 Å². The van der Waals surface area contributed by atoms with Crippen LogP contribution in [-0.2, 0) is 20.4 Å². The number of rotatable bonds is 6. The lowest BCUT2D eigenvalue weighted by molar-refractivity contribution is -0.258. The molecule has 0 aliphatic carbocycles. The van der Waals surface area contributed by atoms with Crippen LogP contribution in [0, 0.1) is 0 Å². The Hall–Kier alpha value is -1.74. The Labute approximate surface area is 217 Å². The summed E-state index contributed by atoms with van der Waals surface area (Å²) in [6, 6.07) is 8.38. The largest absolute Gasteiger partial charge is 0.421 e. The number of fused-ring (bicyclic) bond motifs is 2. The zero-order valence-corrected chi connectivity index (χ0v) is 21.8. The minimum Gasteiger partial charge on any atom is -0.391 e. The van der Waals surface area contributed by atoms with Crippen LogP contribution in [0.3, 0.4) is 0 Å². The average molecular weight is 562 g/mol. The van der Waals surface area contributed by atoms with Crippen molar-refractivity contribution in [1.29, 1.82) is 0 Å². The first kappa shape index (κ1) is 26.9. The van der Waals surface area contributed by atoms with Crippen molar-refractivity contribution in [2.24, 2.45) is 0 Å². The predicted octanol–water partition coefficient (Wildman–Crippen LogP) is 2.23. The van der Waals surface area contributed by atoms with Crippen LogP contribution in [0.1, 0.15) is 18.9 Å². The lowest BCUT2D eigenvalue weighted by Crippen LogP contribution is -2.61. The number of benzene rings is 1. The number of alkyl halides is 3. The van der Waals surface area contributed by atoms with Gasteiger partial charge >= 0.3 is 6.18 Å². The molecule has 1 aromatic carbocycles. The second-order valence-corrected chi connectivity index (χ2v) is 13.1. The number of sulfonamides is 1. The molecular formula is C24H30F3N3O5S2. The van der Waals surface area contributed by atoms with Crippen molar-refractivity contribution in [3.63, 3.8) is 0 Å². The molecule has 3 aliphatic heterocycles. The van der Waals surface area contributed by atoms with Gasteiger partial charge in [0.15, 0.2) is 5.60 Å². The first-order chi connectivity index (χ1) is 17.4. The number of aliphatic hydroxyl groups excluding tert-OH is 1. The summed E-state index contributed by atoms with van der Waals surface area (Å²) < 4.78 is 73.9. The molecule has 37 heavy (non-hydrogen) atoms. The standard InChI is InChI=1S/C24H30F3N3O5S2/c1-23(32,24(25,26)27)16-4-6-17(7-5-16)29-9-8-28(37(33,34)22-3-2-10-36-22)12-19(29)13-30-18-11-21(31)20(30)15-35-14-18/h2-7,10,18-21,31-32H,8-9,11-15H2,1H3/t18-,19+,20-,21?,23+/m0/s1. The second kappa shape index (κ2) is 9.78. The van der Waals surface area contributed by atoms with E-state index in [9.17, 15) is 31.8 Å². The van der Waals surface area contributed by atoms with Gasteiger partial charge in [-0.05, 0) is 42.5 Å².